The van der Waals surface area contributed by atoms with E-state index in [0.717, 1.165) is 6.42 Å². The SMILES string of the molecule is O=C(O)c1ccccc1C(=O)OCC1CCOC1. The molecule has 18 heavy (non-hydrogen) atoms. The van der Waals surface area contributed by atoms with Crippen LogP contribution in [-0.2, 0) is 9.47 Å². The largest absolute Gasteiger partial charge is 0.478 e. The van der Waals surface area contributed by atoms with Crippen molar-refractivity contribution in [3.05, 3.63) is 35.4 Å². The number of carboxylic acids is 1. The number of ether oxygens (including phenoxy) is 2. The molecule has 1 aliphatic rings. The van der Waals surface area contributed by atoms with Crippen LogP contribution in [0.3, 0.4) is 0 Å². The summed E-state index contributed by atoms with van der Waals surface area (Å²) in [5.74, 6) is -1.52. The number of aromatic carboxylic acids is 1. The average Bonchev–Trinajstić information content (AvgIpc) is 2.89. The van der Waals surface area contributed by atoms with Crippen LogP contribution in [0.5, 0.6) is 0 Å². The normalized spacial score (nSPS) is 18.6. The number of carbonyl (C=O) groups excluding carboxylic acids is 1. The highest BCUT2D eigenvalue weighted by atomic mass is 16.5. The lowest BCUT2D eigenvalue weighted by atomic mass is 10.1. The topological polar surface area (TPSA) is 72.8 Å². The van der Waals surface area contributed by atoms with Crippen molar-refractivity contribution in [1.82, 2.24) is 0 Å². The maximum Gasteiger partial charge on any atom is 0.339 e. The third kappa shape index (κ3) is 2.87. The summed E-state index contributed by atoms with van der Waals surface area (Å²) in [5, 5.41) is 8.97. The lowest BCUT2D eigenvalue weighted by molar-refractivity contribution is 0.0420. The Bertz CT molecular complexity index is 448. The Morgan fingerprint density at radius 2 is 2.06 bits per heavy atom. The third-order valence-electron chi connectivity index (χ3n) is 2.85. The molecule has 1 fully saturated rings. The summed E-state index contributed by atoms with van der Waals surface area (Å²) in [7, 11) is 0. The molecule has 1 unspecified atom stereocenters. The van der Waals surface area contributed by atoms with Gasteiger partial charge in [-0.15, -0.1) is 0 Å². The van der Waals surface area contributed by atoms with Gasteiger partial charge in [-0.3, -0.25) is 0 Å². The highest BCUT2D eigenvalue weighted by molar-refractivity contribution is 6.02. The van der Waals surface area contributed by atoms with Gasteiger partial charge >= 0.3 is 11.9 Å². The van der Waals surface area contributed by atoms with Crippen molar-refractivity contribution in [3.8, 4) is 0 Å². The molecule has 5 nitrogen and oxygen atoms in total. The van der Waals surface area contributed by atoms with Crippen LogP contribution in [0.1, 0.15) is 27.1 Å². The molecule has 1 aromatic carbocycles. The van der Waals surface area contributed by atoms with Crippen molar-refractivity contribution in [2.24, 2.45) is 5.92 Å². The van der Waals surface area contributed by atoms with Gasteiger partial charge in [-0.1, -0.05) is 12.1 Å². The van der Waals surface area contributed by atoms with E-state index in [4.69, 9.17) is 14.6 Å². The molecule has 0 radical (unpaired) electrons. The standard InChI is InChI=1S/C13H14O5/c14-12(15)10-3-1-2-4-11(10)13(16)18-8-9-5-6-17-7-9/h1-4,9H,5-8H2,(H,14,15). The van der Waals surface area contributed by atoms with Crippen molar-refractivity contribution in [1.29, 1.82) is 0 Å². The summed E-state index contributed by atoms with van der Waals surface area (Å²) in [5.41, 5.74) is 0.0501. The Kier molecular flexibility index (Phi) is 3.94. The van der Waals surface area contributed by atoms with E-state index in [1.54, 1.807) is 12.1 Å². The average molecular weight is 250 g/mol. The molecule has 1 aliphatic heterocycles. The second kappa shape index (κ2) is 5.64. The Morgan fingerprint density at radius 3 is 2.67 bits per heavy atom. The fourth-order valence-corrected chi connectivity index (χ4v) is 1.83. The monoisotopic (exact) mass is 250 g/mol. The van der Waals surface area contributed by atoms with Gasteiger partial charge in [0.05, 0.1) is 24.3 Å². The number of esters is 1. The zero-order valence-electron chi connectivity index (χ0n) is 9.80. The minimum absolute atomic E-state index is 0.0369. The van der Waals surface area contributed by atoms with Gasteiger partial charge in [0.1, 0.15) is 0 Å². The number of benzene rings is 1. The van der Waals surface area contributed by atoms with E-state index in [2.05, 4.69) is 0 Å². The molecule has 96 valence electrons. The molecule has 2 rings (SSSR count). The van der Waals surface area contributed by atoms with Crippen molar-refractivity contribution < 1.29 is 24.2 Å². The van der Waals surface area contributed by atoms with E-state index < -0.39 is 11.9 Å². The molecule has 0 bridgehead atoms. The van der Waals surface area contributed by atoms with Crippen molar-refractivity contribution in [2.45, 2.75) is 6.42 Å². The fourth-order valence-electron chi connectivity index (χ4n) is 1.83. The van der Waals surface area contributed by atoms with Crippen LogP contribution in [0.2, 0.25) is 0 Å². The molecule has 0 amide bonds. The van der Waals surface area contributed by atoms with Gasteiger partial charge in [-0.25, -0.2) is 9.59 Å². The van der Waals surface area contributed by atoms with Crippen LogP contribution in [0.4, 0.5) is 0 Å². The lowest BCUT2D eigenvalue weighted by Crippen LogP contribution is -2.16. The van der Waals surface area contributed by atoms with E-state index in [9.17, 15) is 9.59 Å². The maximum absolute atomic E-state index is 11.8. The molecule has 1 saturated heterocycles. The maximum atomic E-state index is 11.8. The summed E-state index contributed by atoms with van der Waals surface area (Å²) in [6.45, 7) is 1.55. The Balaban J connectivity index is 2.01. The number of carbonyl (C=O) groups is 2. The van der Waals surface area contributed by atoms with Gasteiger partial charge in [0.2, 0.25) is 0 Å². The van der Waals surface area contributed by atoms with Crippen LogP contribution in [-0.4, -0.2) is 36.9 Å². The molecule has 5 heteroatoms. The Labute approximate surface area is 104 Å². The van der Waals surface area contributed by atoms with Crippen molar-refractivity contribution in [2.75, 3.05) is 19.8 Å². The van der Waals surface area contributed by atoms with Gasteiger partial charge in [0.25, 0.3) is 0 Å². The molecule has 1 atom stereocenters. The molecule has 0 saturated carbocycles. The number of hydrogen-bond donors (Lipinski definition) is 1. The summed E-state index contributed by atoms with van der Waals surface area (Å²) in [6.07, 6.45) is 0.869. The first-order chi connectivity index (χ1) is 8.68. The first-order valence-electron chi connectivity index (χ1n) is 5.75. The zero-order chi connectivity index (χ0) is 13.0. The summed E-state index contributed by atoms with van der Waals surface area (Å²) >= 11 is 0. The van der Waals surface area contributed by atoms with Crippen LogP contribution in [0, 0.1) is 5.92 Å². The van der Waals surface area contributed by atoms with Gasteiger partial charge < -0.3 is 14.6 Å². The minimum Gasteiger partial charge on any atom is -0.478 e. The van der Waals surface area contributed by atoms with E-state index >= 15 is 0 Å². The first kappa shape index (κ1) is 12.6. The van der Waals surface area contributed by atoms with Gasteiger partial charge in [-0.05, 0) is 18.6 Å². The molecule has 1 aromatic rings. The Hall–Kier alpha value is -1.88. The summed E-state index contributed by atoms with van der Waals surface area (Å²) in [6, 6.07) is 6.03. The second-order valence-corrected chi connectivity index (χ2v) is 4.18. The predicted octanol–water partition coefficient (Wildman–Crippen LogP) is 1.58. The van der Waals surface area contributed by atoms with Gasteiger partial charge in [0, 0.05) is 12.5 Å². The smallest absolute Gasteiger partial charge is 0.339 e. The highest BCUT2D eigenvalue weighted by Crippen LogP contribution is 2.15. The molecule has 0 spiro atoms. The van der Waals surface area contributed by atoms with Crippen LogP contribution in [0.25, 0.3) is 0 Å². The van der Waals surface area contributed by atoms with Crippen LogP contribution >= 0.6 is 0 Å². The first-order valence-corrected chi connectivity index (χ1v) is 5.75. The van der Waals surface area contributed by atoms with E-state index in [1.165, 1.54) is 12.1 Å². The van der Waals surface area contributed by atoms with E-state index in [-0.39, 0.29) is 23.7 Å². The molecule has 1 N–H and O–H groups in total. The van der Waals surface area contributed by atoms with Crippen molar-refractivity contribution in [3.63, 3.8) is 0 Å². The van der Waals surface area contributed by atoms with Gasteiger partial charge in [0.15, 0.2) is 0 Å². The second-order valence-electron chi connectivity index (χ2n) is 4.18. The number of hydrogen-bond acceptors (Lipinski definition) is 4. The zero-order valence-corrected chi connectivity index (χ0v) is 9.80. The highest BCUT2D eigenvalue weighted by Gasteiger charge is 2.20. The van der Waals surface area contributed by atoms with E-state index in [1.807, 2.05) is 0 Å². The number of carboxylic acid groups (broad SMARTS) is 1. The van der Waals surface area contributed by atoms with Crippen LogP contribution < -0.4 is 0 Å². The van der Waals surface area contributed by atoms with Gasteiger partial charge in [-0.2, -0.15) is 0 Å². The summed E-state index contributed by atoms with van der Waals surface area (Å²) in [4.78, 5) is 22.8. The molecule has 0 aliphatic carbocycles. The molecular formula is C13H14O5. The lowest BCUT2D eigenvalue weighted by Gasteiger charge is -2.10. The van der Waals surface area contributed by atoms with Crippen molar-refractivity contribution >= 4 is 11.9 Å². The minimum atomic E-state index is -1.13. The molecule has 1 heterocycles. The van der Waals surface area contributed by atoms with Crippen LogP contribution in [0.15, 0.2) is 24.3 Å². The quantitative estimate of drug-likeness (QED) is 0.821. The molecular weight excluding hydrogens is 236 g/mol. The predicted molar refractivity (Wildman–Crippen MR) is 62.6 cm³/mol. The Morgan fingerprint density at radius 1 is 1.33 bits per heavy atom. The summed E-state index contributed by atoms with van der Waals surface area (Å²) < 4.78 is 10.3. The van der Waals surface area contributed by atoms with E-state index in [0.29, 0.717) is 13.2 Å². The number of rotatable bonds is 4. The molecule has 0 aromatic heterocycles. The third-order valence-corrected chi connectivity index (χ3v) is 2.85. The fraction of sp³-hybridized carbons (Fsp3) is 0.385.